The van der Waals surface area contributed by atoms with E-state index in [1.165, 1.54) is 6.07 Å². The van der Waals surface area contributed by atoms with Gasteiger partial charge in [0, 0.05) is 17.9 Å². The van der Waals surface area contributed by atoms with Crippen LogP contribution in [-0.2, 0) is 0 Å². The van der Waals surface area contributed by atoms with Gasteiger partial charge >= 0.3 is 5.63 Å². The molecule has 2 saturated carbocycles. The van der Waals surface area contributed by atoms with E-state index in [-0.39, 0.29) is 28.9 Å². The van der Waals surface area contributed by atoms with Crippen molar-refractivity contribution in [3.05, 3.63) is 27.8 Å². The predicted octanol–water partition coefficient (Wildman–Crippen LogP) is 2.60. The zero-order valence-electron chi connectivity index (χ0n) is 10.1. The lowest BCUT2D eigenvalue weighted by Gasteiger charge is -2.25. The maximum Gasteiger partial charge on any atom is 0.350 e. The fourth-order valence-electron chi connectivity index (χ4n) is 2.49. The van der Waals surface area contributed by atoms with Gasteiger partial charge in [0.25, 0.3) is 0 Å². The van der Waals surface area contributed by atoms with Crippen LogP contribution in [-0.4, -0.2) is 10.9 Å². The van der Waals surface area contributed by atoms with E-state index in [0.29, 0.717) is 5.76 Å². The summed E-state index contributed by atoms with van der Waals surface area (Å²) in [6.07, 6.45) is 5.72. The van der Waals surface area contributed by atoms with Crippen LogP contribution in [0.4, 0.5) is 0 Å². The molecular formula is C14H16O4. The fraction of sp³-hybridized carbons (Fsp3) is 0.571. The second kappa shape index (κ2) is 4.26. The highest BCUT2D eigenvalue weighted by molar-refractivity contribution is 6.00. The van der Waals surface area contributed by atoms with Crippen LogP contribution in [0.25, 0.3) is 0 Å². The molecule has 2 aliphatic rings. The van der Waals surface area contributed by atoms with E-state index in [0.717, 1.165) is 38.5 Å². The van der Waals surface area contributed by atoms with Gasteiger partial charge in [0.05, 0.1) is 0 Å². The van der Waals surface area contributed by atoms with Crippen molar-refractivity contribution in [2.75, 3.05) is 0 Å². The molecule has 2 fully saturated rings. The summed E-state index contributed by atoms with van der Waals surface area (Å²) in [6.45, 7) is 0. The Morgan fingerprint density at radius 2 is 1.89 bits per heavy atom. The van der Waals surface area contributed by atoms with Crippen LogP contribution in [0.3, 0.4) is 0 Å². The lowest BCUT2D eigenvalue weighted by atomic mass is 9.79. The van der Waals surface area contributed by atoms with Gasteiger partial charge in [-0.25, -0.2) is 4.79 Å². The third kappa shape index (κ3) is 1.76. The van der Waals surface area contributed by atoms with Gasteiger partial charge in [0.15, 0.2) is 5.78 Å². The van der Waals surface area contributed by atoms with Crippen molar-refractivity contribution in [1.29, 1.82) is 0 Å². The van der Waals surface area contributed by atoms with E-state index in [1.807, 2.05) is 0 Å². The van der Waals surface area contributed by atoms with Gasteiger partial charge < -0.3 is 9.52 Å². The highest BCUT2D eigenvalue weighted by Crippen LogP contribution is 2.38. The smallest absolute Gasteiger partial charge is 0.350 e. The molecule has 0 atom stereocenters. The lowest BCUT2D eigenvalue weighted by Crippen LogP contribution is -2.27. The van der Waals surface area contributed by atoms with Crippen LogP contribution in [0.2, 0.25) is 0 Å². The molecule has 4 heteroatoms. The minimum atomic E-state index is -0.672. The second-order valence-electron chi connectivity index (χ2n) is 5.32. The standard InChI is InChI=1S/C14H16O4/c15-10-7-11(8-3-1-4-8)18-14(17)12(10)13(16)9-5-2-6-9/h7-9,15H,1-6H2. The summed E-state index contributed by atoms with van der Waals surface area (Å²) in [7, 11) is 0. The molecule has 3 rings (SSSR count). The molecule has 96 valence electrons. The number of ketones is 1. The van der Waals surface area contributed by atoms with Crippen LogP contribution >= 0.6 is 0 Å². The average molecular weight is 248 g/mol. The summed E-state index contributed by atoms with van der Waals surface area (Å²) >= 11 is 0. The molecule has 1 aromatic heterocycles. The van der Waals surface area contributed by atoms with E-state index < -0.39 is 5.63 Å². The van der Waals surface area contributed by atoms with Crippen LogP contribution in [0.15, 0.2) is 15.3 Å². The minimum absolute atomic E-state index is 0.103. The third-order valence-corrected chi connectivity index (χ3v) is 4.18. The van der Waals surface area contributed by atoms with E-state index >= 15 is 0 Å². The van der Waals surface area contributed by atoms with Gasteiger partial charge in [-0.1, -0.05) is 12.8 Å². The van der Waals surface area contributed by atoms with E-state index in [4.69, 9.17) is 4.42 Å². The predicted molar refractivity (Wildman–Crippen MR) is 64.9 cm³/mol. The normalized spacial score (nSPS) is 20.2. The van der Waals surface area contributed by atoms with Crippen molar-refractivity contribution in [2.45, 2.75) is 44.4 Å². The van der Waals surface area contributed by atoms with Gasteiger partial charge in [0.1, 0.15) is 17.1 Å². The molecule has 0 amide bonds. The molecule has 4 nitrogen and oxygen atoms in total. The number of hydrogen-bond acceptors (Lipinski definition) is 4. The molecule has 1 N–H and O–H groups in total. The number of carbonyl (C=O) groups excluding carboxylic acids is 1. The first-order valence-corrected chi connectivity index (χ1v) is 6.58. The van der Waals surface area contributed by atoms with Crippen LogP contribution in [0.1, 0.15) is 60.6 Å². The fourth-order valence-corrected chi connectivity index (χ4v) is 2.49. The Kier molecular flexibility index (Phi) is 2.73. The molecular weight excluding hydrogens is 232 g/mol. The zero-order valence-corrected chi connectivity index (χ0v) is 10.1. The van der Waals surface area contributed by atoms with Crippen molar-refractivity contribution >= 4 is 5.78 Å². The summed E-state index contributed by atoms with van der Waals surface area (Å²) in [5.74, 6) is 0.191. The van der Waals surface area contributed by atoms with Crippen molar-refractivity contribution in [3.63, 3.8) is 0 Å². The largest absolute Gasteiger partial charge is 0.507 e. The number of rotatable bonds is 3. The summed E-state index contributed by atoms with van der Waals surface area (Å²) in [6, 6.07) is 1.46. The van der Waals surface area contributed by atoms with Gasteiger partial charge in [-0.3, -0.25) is 4.79 Å². The summed E-state index contributed by atoms with van der Waals surface area (Å²) in [5.41, 5.74) is -0.823. The highest BCUT2D eigenvalue weighted by atomic mass is 16.4. The Morgan fingerprint density at radius 1 is 1.22 bits per heavy atom. The Labute approximate surface area is 105 Å². The summed E-state index contributed by atoms with van der Waals surface area (Å²) in [4.78, 5) is 23.9. The topological polar surface area (TPSA) is 67.5 Å². The Hall–Kier alpha value is -1.58. The molecule has 0 radical (unpaired) electrons. The molecule has 1 aromatic rings. The quantitative estimate of drug-likeness (QED) is 0.835. The van der Waals surface area contributed by atoms with Crippen molar-refractivity contribution in [1.82, 2.24) is 0 Å². The third-order valence-electron chi connectivity index (χ3n) is 4.18. The molecule has 0 bridgehead atoms. The van der Waals surface area contributed by atoms with E-state index in [2.05, 4.69) is 0 Å². The second-order valence-corrected chi connectivity index (χ2v) is 5.32. The molecule has 0 spiro atoms. The van der Waals surface area contributed by atoms with Gasteiger partial charge in [0.2, 0.25) is 0 Å². The highest BCUT2D eigenvalue weighted by Gasteiger charge is 2.32. The molecule has 0 unspecified atom stereocenters. The molecule has 2 aliphatic carbocycles. The van der Waals surface area contributed by atoms with Crippen molar-refractivity contribution in [2.24, 2.45) is 5.92 Å². The average Bonchev–Trinajstić information content (AvgIpc) is 2.09. The van der Waals surface area contributed by atoms with Gasteiger partial charge in [-0.15, -0.1) is 0 Å². The van der Waals surface area contributed by atoms with Gasteiger partial charge in [-0.05, 0) is 25.7 Å². The number of aromatic hydroxyl groups is 1. The van der Waals surface area contributed by atoms with Gasteiger partial charge in [-0.2, -0.15) is 0 Å². The maximum atomic E-state index is 12.0. The first-order valence-electron chi connectivity index (χ1n) is 6.58. The van der Waals surface area contributed by atoms with Crippen LogP contribution in [0, 0.1) is 5.92 Å². The molecule has 18 heavy (non-hydrogen) atoms. The summed E-state index contributed by atoms with van der Waals surface area (Å²) in [5, 5.41) is 9.90. The van der Waals surface area contributed by atoms with Crippen molar-refractivity contribution in [3.8, 4) is 5.75 Å². The maximum absolute atomic E-state index is 12.0. The lowest BCUT2D eigenvalue weighted by molar-refractivity contribution is 0.0847. The molecule has 0 aliphatic heterocycles. The summed E-state index contributed by atoms with van der Waals surface area (Å²) < 4.78 is 5.20. The minimum Gasteiger partial charge on any atom is -0.507 e. The zero-order chi connectivity index (χ0) is 12.7. The first kappa shape index (κ1) is 11.5. The monoisotopic (exact) mass is 248 g/mol. The SMILES string of the molecule is O=C(c1c(O)cc(C2CCC2)oc1=O)C1CCC1. The number of hydrogen-bond donors (Lipinski definition) is 1. The van der Waals surface area contributed by atoms with Crippen LogP contribution < -0.4 is 5.63 Å². The van der Waals surface area contributed by atoms with Crippen LogP contribution in [0.5, 0.6) is 5.75 Å². The Morgan fingerprint density at radius 3 is 2.33 bits per heavy atom. The first-order chi connectivity index (χ1) is 8.66. The number of Topliss-reactive ketones (excluding diaryl/α,β-unsaturated/α-hetero) is 1. The van der Waals surface area contributed by atoms with Crippen molar-refractivity contribution < 1.29 is 14.3 Å². The molecule has 0 aromatic carbocycles. The van der Waals surface area contributed by atoms with E-state index in [9.17, 15) is 14.7 Å². The molecule has 0 saturated heterocycles. The number of carbonyl (C=O) groups is 1. The molecule has 1 heterocycles. The van der Waals surface area contributed by atoms with E-state index in [1.54, 1.807) is 0 Å². The Balaban J connectivity index is 1.94. The Bertz CT molecular complexity index is 535.